The van der Waals surface area contributed by atoms with Gasteiger partial charge in [0.15, 0.2) is 0 Å². The lowest BCUT2D eigenvalue weighted by Gasteiger charge is -2.42. The first kappa shape index (κ1) is 13.4. The smallest absolute Gasteiger partial charge is 0.141 e. The Morgan fingerprint density at radius 2 is 2.39 bits per heavy atom. The van der Waals surface area contributed by atoms with Crippen molar-refractivity contribution in [1.29, 1.82) is 0 Å². The lowest BCUT2D eigenvalue weighted by atomic mass is 9.68. The Balaban J connectivity index is 2.43. The van der Waals surface area contributed by atoms with Crippen LogP contribution in [0.15, 0.2) is 18.3 Å². The highest BCUT2D eigenvalue weighted by Crippen LogP contribution is 2.46. The quantitative estimate of drug-likeness (QED) is 0.846. The monoisotopic (exact) mass is 254 g/mol. The number of aromatic nitrogens is 1. The zero-order valence-corrected chi connectivity index (χ0v) is 10.5. The average molecular weight is 254 g/mol. The van der Waals surface area contributed by atoms with Gasteiger partial charge in [-0.15, -0.1) is 0 Å². The molecule has 2 atom stereocenters. The fraction of sp³-hybridized carbons (Fsp3) is 0.615. The molecule has 3 N–H and O–H groups in total. The molecule has 5 heteroatoms. The second-order valence-corrected chi connectivity index (χ2v) is 4.86. The third-order valence-corrected chi connectivity index (χ3v) is 4.03. The van der Waals surface area contributed by atoms with Crippen molar-refractivity contribution in [3.05, 3.63) is 29.8 Å². The van der Waals surface area contributed by atoms with Gasteiger partial charge in [0.1, 0.15) is 11.4 Å². The maximum atomic E-state index is 12.9. The first-order valence-electron chi connectivity index (χ1n) is 6.20. The minimum Gasteiger partial charge on any atom is -0.383 e. The molecule has 2 heterocycles. The van der Waals surface area contributed by atoms with E-state index >= 15 is 0 Å². The van der Waals surface area contributed by atoms with Crippen molar-refractivity contribution in [2.75, 3.05) is 19.8 Å². The van der Waals surface area contributed by atoms with Gasteiger partial charge < -0.3 is 15.6 Å². The first-order valence-corrected chi connectivity index (χ1v) is 6.20. The molecular formula is C13H19FN2O2. The number of rotatable bonds is 4. The third kappa shape index (κ3) is 1.92. The minimum absolute atomic E-state index is 0.316. The Bertz CT molecular complexity index is 404. The standard InChI is InChI=1S/C13H19FN2O2/c1-2-13(17,11-4-3-10(14)7-16-11)12(8-15)5-6-18-9-12/h3-4,7,17H,2,5-6,8-9,15H2,1H3. The molecule has 0 aliphatic carbocycles. The summed E-state index contributed by atoms with van der Waals surface area (Å²) in [6.07, 6.45) is 2.27. The molecule has 2 unspecified atom stereocenters. The topological polar surface area (TPSA) is 68.4 Å². The SMILES string of the molecule is CCC(O)(c1ccc(F)cn1)C1(CN)CCOC1. The summed E-state index contributed by atoms with van der Waals surface area (Å²) in [5.74, 6) is -0.415. The highest BCUT2D eigenvalue weighted by Gasteiger charge is 2.52. The van der Waals surface area contributed by atoms with Crippen molar-refractivity contribution in [3.8, 4) is 0 Å². The number of nitrogens with two attached hydrogens (primary N) is 1. The van der Waals surface area contributed by atoms with Crippen LogP contribution < -0.4 is 5.73 Å². The van der Waals surface area contributed by atoms with Crippen LogP contribution in [0.1, 0.15) is 25.5 Å². The molecule has 1 saturated heterocycles. The number of nitrogens with zero attached hydrogens (tertiary/aromatic N) is 1. The van der Waals surface area contributed by atoms with Gasteiger partial charge in [-0.05, 0) is 25.0 Å². The van der Waals surface area contributed by atoms with Crippen LogP contribution in [0.25, 0.3) is 0 Å². The summed E-state index contributed by atoms with van der Waals surface area (Å²) in [6.45, 7) is 3.19. The second-order valence-electron chi connectivity index (χ2n) is 4.86. The van der Waals surface area contributed by atoms with Gasteiger partial charge in [-0.25, -0.2) is 4.39 Å². The molecule has 0 spiro atoms. The molecule has 4 nitrogen and oxygen atoms in total. The summed E-state index contributed by atoms with van der Waals surface area (Å²) in [7, 11) is 0. The summed E-state index contributed by atoms with van der Waals surface area (Å²) in [4.78, 5) is 4.02. The van der Waals surface area contributed by atoms with E-state index < -0.39 is 16.8 Å². The van der Waals surface area contributed by atoms with E-state index in [1.165, 1.54) is 12.1 Å². The predicted octanol–water partition coefficient (Wildman–Crippen LogP) is 1.18. The third-order valence-electron chi connectivity index (χ3n) is 4.03. The van der Waals surface area contributed by atoms with Crippen molar-refractivity contribution < 1.29 is 14.2 Å². The molecule has 1 aromatic heterocycles. The molecule has 0 saturated carbocycles. The van der Waals surface area contributed by atoms with Gasteiger partial charge in [-0.3, -0.25) is 4.98 Å². The number of hydrogen-bond acceptors (Lipinski definition) is 4. The Kier molecular flexibility index (Phi) is 3.66. The summed E-state index contributed by atoms with van der Waals surface area (Å²) in [6, 6.07) is 2.83. The van der Waals surface area contributed by atoms with Crippen LogP contribution in [0.2, 0.25) is 0 Å². The van der Waals surface area contributed by atoms with E-state index in [-0.39, 0.29) is 0 Å². The van der Waals surface area contributed by atoms with Crippen LogP contribution >= 0.6 is 0 Å². The highest BCUT2D eigenvalue weighted by atomic mass is 19.1. The van der Waals surface area contributed by atoms with Crippen LogP contribution in [0.5, 0.6) is 0 Å². The molecule has 1 aromatic rings. The normalized spacial score (nSPS) is 27.1. The molecule has 0 radical (unpaired) electrons. The maximum Gasteiger partial charge on any atom is 0.141 e. The van der Waals surface area contributed by atoms with Crippen molar-refractivity contribution in [3.63, 3.8) is 0 Å². The van der Waals surface area contributed by atoms with Crippen LogP contribution in [0.4, 0.5) is 4.39 Å². The fourth-order valence-corrected chi connectivity index (χ4v) is 2.71. The molecule has 0 aromatic carbocycles. The molecule has 1 aliphatic heterocycles. The van der Waals surface area contributed by atoms with Gasteiger partial charge >= 0.3 is 0 Å². The molecule has 1 fully saturated rings. The Morgan fingerprint density at radius 1 is 1.61 bits per heavy atom. The summed E-state index contributed by atoms with van der Waals surface area (Å²) in [5.41, 5.74) is 4.61. The number of ether oxygens (including phenoxy) is 1. The van der Waals surface area contributed by atoms with E-state index in [9.17, 15) is 9.50 Å². The minimum atomic E-state index is -1.17. The Hall–Kier alpha value is -1.04. The summed E-state index contributed by atoms with van der Waals surface area (Å²) >= 11 is 0. The molecule has 100 valence electrons. The van der Waals surface area contributed by atoms with E-state index in [0.29, 0.717) is 38.3 Å². The molecule has 2 rings (SSSR count). The van der Waals surface area contributed by atoms with E-state index in [1.807, 2.05) is 6.92 Å². The number of aliphatic hydroxyl groups is 1. The largest absolute Gasteiger partial charge is 0.383 e. The van der Waals surface area contributed by atoms with E-state index in [1.54, 1.807) is 0 Å². The van der Waals surface area contributed by atoms with Crippen LogP contribution in [-0.2, 0) is 10.3 Å². The maximum absolute atomic E-state index is 12.9. The lowest BCUT2D eigenvalue weighted by molar-refractivity contribution is -0.0959. The van der Waals surface area contributed by atoms with Crippen molar-refractivity contribution in [2.24, 2.45) is 11.1 Å². The fourth-order valence-electron chi connectivity index (χ4n) is 2.71. The lowest BCUT2D eigenvalue weighted by Crippen LogP contribution is -2.51. The van der Waals surface area contributed by atoms with Gasteiger partial charge in [0.25, 0.3) is 0 Å². The molecule has 1 aliphatic rings. The van der Waals surface area contributed by atoms with Crippen LogP contribution in [0.3, 0.4) is 0 Å². The number of hydrogen-bond donors (Lipinski definition) is 2. The van der Waals surface area contributed by atoms with Crippen molar-refractivity contribution in [1.82, 2.24) is 4.98 Å². The highest BCUT2D eigenvalue weighted by molar-refractivity contribution is 5.19. The van der Waals surface area contributed by atoms with E-state index in [4.69, 9.17) is 10.5 Å². The number of pyridine rings is 1. The van der Waals surface area contributed by atoms with Gasteiger partial charge in [0.05, 0.1) is 18.5 Å². The zero-order valence-electron chi connectivity index (χ0n) is 10.5. The number of halogens is 1. The molecule has 0 bridgehead atoms. The first-order chi connectivity index (χ1) is 8.58. The summed E-state index contributed by atoms with van der Waals surface area (Å²) < 4.78 is 18.3. The van der Waals surface area contributed by atoms with Gasteiger partial charge in [-0.2, -0.15) is 0 Å². The van der Waals surface area contributed by atoms with Crippen LogP contribution in [0, 0.1) is 11.2 Å². The predicted molar refractivity (Wildman–Crippen MR) is 65.3 cm³/mol. The zero-order chi connectivity index (χ0) is 13.2. The Labute approximate surface area is 106 Å². The molecular weight excluding hydrogens is 235 g/mol. The second kappa shape index (κ2) is 4.91. The van der Waals surface area contributed by atoms with Gasteiger partial charge in [-0.1, -0.05) is 6.92 Å². The van der Waals surface area contributed by atoms with E-state index in [2.05, 4.69) is 4.98 Å². The van der Waals surface area contributed by atoms with Crippen LogP contribution in [-0.4, -0.2) is 29.8 Å². The average Bonchev–Trinajstić information content (AvgIpc) is 2.89. The van der Waals surface area contributed by atoms with Gasteiger partial charge in [0.2, 0.25) is 0 Å². The molecule has 0 amide bonds. The van der Waals surface area contributed by atoms with E-state index in [0.717, 1.165) is 6.20 Å². The molecule has 18 heavy (non-hydrogen) atoms. The summed E-state index contributed by atoms with van der Waals surface area (Å²) in [5, 5.41) is 11.0. The van der Waals surface area contributed by atoms with Crippen molar-refractivity contribution >= 4 is 0 Å². The van der Waals surface area contributed by atoms with Crippen molar-refractivity contribution in [2.45, 2.75) is 25.4 Å². The Morgan fingerprint density at radius 3 is 2.83 bits per heavy atom. The van der Waals surface area contributed by atoms with Gasteiger partial charge in [0, 0.05) is 18.6 Å².